The molecule has 1 unspecified atom stereocenters. The molecule has 0 aliphatic carbocycles. The number of aryl methyl sites for hydroxylation is 1. The summed E-state index contributed by atoms with van der Waals surface area (Å²) in [6.45, 7) is 0.435. The summed E-state index contributed by atoms with van der Waals surface area (Å²) in [4.78, 5) is 31.1. The number of hydrogen-bond donors (Lipinski definition) is 2. The minimum absolute atomic E-state index is 0.265. The van der Waals surface area contributed by atoms with Crippen LogP contribution in [0, 0.1) is 0 Å². The van der Waals surface area contributed by atoms with Gasteiger partial charge in [-0.25, -0.2) is 0 Å². The smallest absolute Gasteiger partial charge is 0.264 e. The van der Waals surface area contributed by atoms with Crippen LogP contribution >= 0.6 is 11.6 Å². The lowest BCUT2D eigenvalue weighted by molar-refractivity contribution is -0.135. The first-order valence-electron chi connectivity index (χ1n) is 10.9. The second-order valence-corrected chi connectivity index (χ2v) is 8.84. The topological polar surface area (TPSA) is 73.4 Å². The fraction of sp³-hybridized carbons (Fsp3) is 0.185. The lowest BCUT2D eigenvalue weighted by atomic mass is 9.88. The van der Waals surface area contributed by atoms with Crippen LogP contribution in [0.15, 0.2) is 79.0 Å². The van der Waals surface area contributed by atoms with Gasteiger partial charge in [-0.05, 0) is 42.7 Å². The van der Waals surface area contributed by atoms with Crippen molar-refractivity contribution in [2.75, 3.05) is 11.4 Å². The molecule has 1 aliphatic heterocycles. The molecule has 0 radical (unpaired) electrons. The van der Waals surface area contributed by atoms with Gasteiger partial charge >= 0.3 is 0 Å². The number of carbonyl (C=O) groups excluding carboxylic acids is 2. The van der Waals surface area contributed by atoms with Crippen LogP contribution in [0.3, 0.4) is 0 Å². The summed E-state index contributed by atoms with van der Waals surface area (Å²) in [6.07, 6.45) is 3.12. The second kappa shape index (κ2) is 8.50. The van der Waals surface area contributed by atoms with E-state index in [4.69, 9.17) is 11.6 Å². The molecule has 2 heterocycles. The van der Waals surface area contributed by atoms with Crippen molar-refractivity contribution < 1.29 is 14.7 Å². The fourth-order valence-corrected chi connectivity index (χ4v) is 4.82. The first-order chi connectivity index (χ1) is 16.0. The molecule has 166 valence electrons. The summed E-state index contributed by atoms with van der Waals surface area (Å²) in [5, 5.41) is 13.2. The number of nitrogens with one attached hydrogen (secondary N) is 1. The number of aromatic amines is 1. The Kier molecular flexibility index (Phi) is 5.52. The maximum absolute atomic E-state index is 13.4. The molecule has 3 aromatic carbocycles. The van der Waals surface area contributed by atoms with E-state index in [-0.39, 0.29) is 12.2 Å². The number of Topliss-reactive ketones (excluding diaryl/α,β-unsaturated/α-hetero) is 1. The number of anilines is 1. The fourth-order valence-electron chi connectivity index (χ4n) is 4.64. The third-order valence-electron chi connectivity index (χ3n) is 6.31. The molecular weight excluding hydrogens is 436 g/mol. The third kappa shape index (κ3) is 3.84. The van der Waals surface area contributed by atoms with Crippen molar-refractivity contribution in [3.05, 3.63) is 101 Å². The number of aliphatic hydroxyl groups is 1. The average Bonchev–Trinajstić information content (AvgIpc) is 3.32. The molecule has 1 amide bonds. The van der Waals surface area contributed by atoms with E-state index in [9.17, 15) is 14.7 Å². The number of halogens is 1. The van der Waals surface area contributed by atoms with Gasteiger partial charge in [0.1, 0.15) is 0 Å². The van der Waals surface area contributed by atoms with E-state index < -0.39 is 11.5 Å². The lowest BCUT2D eigenvalue weighted by Crippen LogP contribution is -2.42. The number of rotatable bonds is 7. The number of carbonyl (C=O) groups is 2. The van der Waals surface area contributed by atoms with E-state index in [1.165, 1.54) is 0 Å². The predicted molar refractivity (Wildman–Crippen MR) is 130 cm³/mol. The van der Waals surface area contributed by atoms with Crippen molar-refractivity contribution in [1.29, 1.82) is 0 Å². The zero-order valence-corrected chi connectivity index (χ0v) is 18.7. The van der Waals surface area contributed by atoms with Gasteiger partial charge in [0.15, 0.2) is 11.4 Å². The molecule has 5 rings (SSSR count). The van der Waals surface area contributed by atoms with Crippen molar-refractivity contribution >= 4 is 39.9 Å². The number of aromatic nitrogens is 1. The van der Waals surface area contributed by atoms with Crippen LogP contribution in [0.2, 0.25) is 5.02 Å². The van der Waals surface area contributed by atoms with Crippen molar-refractivity contribution in [2.45, 2.75) is 24.9 Å². The Labute approximate surface area is 196 Å². The zero-order valence-electron chi connectivity index (χ0n) is 17.9. The molecule has 1 atom stereocenters. The summed E-state index contributed by atoms with van der Waals surface area (Å²) in [5.41, 5.74) is 1.91. The van der Waals surface area contributed by atoms with Gasteiger partial charge in [0.05, 0.1) is 12.1 Å². The monoisotopic (exact) mass is 458 g/mol. The molecule has 0 fully saturated rings. The highest BCUT2D eigenvalue weighted by Crippen LogP contribution is 2.43. The van der Waals surface area contributed by atoms with Gasteiger partial charge in [0.25, 0.3) is 5.91 Å². The van der Waals surface area contributed by atoms with Gasteiger partial charge in [-0.3, -0.25) is 9.59 Å². The van der Waals surface area contributed by atoms with Crippen LogP contribution in [0.5, 0.6) is 0 Å². The molecule has 6 heteroatoms. The zero-order chi connectivity index (χ0) is 23.0. The van der Waals surface area contributed by atoms with E-state index in [1.807, 2.05) is 42.6 Å². The minimum Gasteiger partial charge on any atom is -0.375 e. The largest absolute Gasteiger partial charge is 0.375 e. The van der Waals surface area contributed by atoms with Crippen LogP contribution in [0.4, 0.5) is 5.69 Å². The molecule has 2 N–H and O–H groups in total. The normalized spacial score (nSPS) is 17.5. The van der Waals surface area contributed by atoms with Crippen LogP contribution in [-0.2, 0) is 16.8 Å². The summed E-state index contributed by atoms with van der Waals surface area (Å²) in [5.74, 6) is -0.714. The highest BCUT2D eigenvalue weighted by molar-refractivity contribution is 6.31. The van der Waals surface area contributed by atoms with Crippen LogP contribution in [-0.4, -0.2) is 28.3 Å². The van der Waals surface area contributed by atoms with Crippen molar-refractivity contribution in [1.82, 2.24) is 4.98 Å². The molecular formula is C27H23ClN2O3. The van der Waals surface area contributed by atoms with Gasteiger partial charge in [-0.1, -0.05) is 60.1 Å². The molecule has 0 saturated heterocycles. The van der Waals surface area contributed by atoms with Crippen molar-refractivity contribution in [2.24, 2.45) is 0 Å². The van der Waals surface area contributed by atoms with Gasteiger partial charge in [0.2, 0.25) is 0 Å². The Morgan fingerprint density at radius 2 is 1.79 bits per heavy atom. The van der Waals surface area contributed by atoms with E-state index in [1.54, 1.807) is 41.3 Å². The number of benzene rings is 3. The molecule has 0 bridgehead atoms. The quantitative estimate of drug-likeness (QED) is 0.371. The summed E-state index contributed by atoms with van der Waals surface area (Å²) < 4.78 is 0. The number of fused-ring (bicyclic) bond motifs is 2. The van der Waals surface area contributed by atoms with Crippen LogP contribution in [0.1, 0.15) is 34.3 Å². The molecule has 5 nitrogen and oxygen atoms in total. The number of hydrogen-bond acceptors (Lipinski definition) is 3. The predicted octanol–water partition coefficient (Wildman–Crippen LogP) is 5.26. The number of ketones is 1. The molecule has 33 heavy (non-hydrogen) atoms. The van der Waals surface area contributed by atoms with E-state index in [2.05, 4.69) is 4.98 Å². The summed E-state index contributed by atoms with van der Waals surface area (Å²) >= 11 is 6.16. The van der Waals surface area contributed by atoms with Gasteiger partial charge in [-0.15, -0.1) is 0 Å². The SMILES string of the molecule is O=C(CC1(O)C(=O)N(CCCc2c[nH]c3ccc(Cl)cc23)c2ccccc21)c1ccccc1. The Bertz CT molecular complexity index is 1350. The van der Waals surface area contributed by atoms with Crippen LogP contribution < -0.4 is 4.90 Å². The van der Waals surface area contributed by atoms with Gasteiger partial charge < -0.3 is 15.0 Å². The maximum Gasteiger partial charge on any atom is 0.264 e. The number of para-hydroxylation sites is 1. The first-order valence-corrected chi connectivity index (χ1v) is 11.3. The second-order valence-electron chi connectivity index (χ2n) is 8.41. The number of nitrogens with zero attached hydrogens (tertiary/aromatic N) is 1. The Morgan fingerprint density at radius 1 is 1.03 bits per heavy atom. The van der Waals surface area contributed by atoms with Gasteiger partial charge in [0, 0.05) is 39.8 Å². The summed E-state index contributed by atoms with van der Waals surface area (Å²) in [6, 6.07) is 21.7. The van der Waals surface area contributed by atoms with E-state index >= 15 is 0 Å². The number of H-pyrrole nitrogens is 1. The molecule has 0 saturated carbocycles. The number of amides is 1. The molecule has 1 aliphatic rings. The third-order valence-corrected chi connectivity index (χ3v) is 6.54. The highest BCUT2D eigenvalue weighted by atomic mass is 35.5. The van der Waals surface area contributed by atoms with Crippen LogP contribution in [0.25, 0.3) is 10.9 Å². The standard InChI is InChI=1S/C27H23ClN2O3/c28-20-12-13-23-21(15-20)19(17-29-23)9-6-14-30-24-11-5-4-10-22(24)27(33,26(30)32)16-25(31)18-7-2-1-3-8-18/h1-5,7-8,10-13,15,17,29,33H,6,9,14,16H2. The van der Waals surface area contributed by atoms with E-state index in [0.717, 1.165) is 22.9 Å². The Balaban J connectivity index is 1.36. The molecule has 1 aromatic heterocycles. The average molecular weight is 459 g/mol. The Morgan fingerprint density at radius 3 is 2.61 bits per heavy atom. The molecule has 4 aromatic rings. The minimum atomic E-state index is -1.86. The summed E-state index contributed by atoms with van der Waals surface area (Å²) in [7, 11) is 0. The lowest BCUT2D eigenvalue weighted by Gasteiger charge is -2.23. The van der Waals surface area contributed by atoms with Crippen molar-refractivity contribution in [3.63, 3.8) is 0 Å². The highest BCUT2D eigenvalue weighted by Gasteiger charge is 2.50. The maximum atomic E-state index is 13.4. The van der Waals surface area contributed by atoms with Gasteiger partial charge in [-0.2, -0.15) is 0 Å². The first kappa shape index (κ1) is 21.4. The van der Waals surface area contributed by atoms with Crippen molar-refractivity contribution in [3.8, 4) is 0 Å². The van der Waals surface area contributed by atoms with E-state index in [0.29, 0.717) is 34.8 Å². The molecule has 0 spiro atoms. The Hall–Kier alpha value is -3.41.